The van der Waals surface area contributed by atoms with Crippen LogP contribution in [0.25, 0.3) is 0 Å². The lowest BCUT2D eigenvalue weighted by molar-refractivity contribution is -0.135. The molecule has 1 saturated heterocycles. The van der Waals surface area contributed by atoms with Crippen molar-refractivity contribution in [3.05, 3.63) is 15.6 Å². The van der Waals surface area contributed by atoms with Crippen LogP contribution in [0.1, 0.15) is 35.0 Å². The second kappa shape index (κ2) is 5.36. The Balaban J connectivity index is 2.10. The van der Waals surface area contributed by atoms with Crippen molar-refractivity contribution in [3.63, 3.8) is 0 Å². The summed E-state index contributed by atoms with van der Waals surface area (Å²) in [7, 11) is 1.90. The minimum atomic E-state index is 0.115. The molecule has 1 aliphatic rings. The maximum Gasteiger partial charge on any atom is 0.227 e. The van der Waals surface area contributed by atoms with Gasteiger partial charge < -0.3 is 10.2 Å². The molecule has 0 unspecified atom stereocenters. The lowest BCUT2D eigenvalue weighted by atomic mass is 10.1. The molecular formula is C13H21N3OS. The summed E-state index contributed by atoms with van der Waals surface area (Å²) in [5.41, 5.74) is 1.05. The lowest BCUT2D eigenvalue weighted by Gasteiger charge is -2.27. The van der Waals surface area contributed by atoms with Crippen molar-refractivity contribution in [2.75, 3.05) is 20.1 Å². The Bertz CT molecular complexity index is 437. The monoisotopic (exact) mass is 267 g/mol. The molecule has 2 atom stereocenters. The molecule has 1 aromatic heterocycles. The van der Waals surface area contributed by atoms with Crippen molar-refractivity contribution in [3.8, 4) is 0 Å². The second-order valence-corrected chi connectivity index (χ2v) is 6.23. The predicted molar refractivity (Wildman–Crippen MR) is 73.7 cm³/mol. The molecule has 1 aromatic rings. The first-order chi connectivity index (χ1) is 8.50. The highest BCUT2D eigenvalue weighted by Gasteiger charge is 2.29. The van der Waals surface area contributed by atoms with Gasteiger partial charge >= 0.3 is 0 Å². The van der Waals surface area contributed by atoms with E-state index in [0.717, 1.165) is 30.2 Å². The zero-order valence-corrected chi connectivity index (χ0v) is 12.3. The first-order valence-corrected chi connectivity index (χ1v) is 7.23. The lowest BCUT2D eigenvalue weighted by Crippen LogP contribution is -2.35. The van der Waals surface area contributed by atoms with Gasteiger partial charge in [-0.25, -0.2) is 4.98 Å². The number of carbonyl (C=O) groups excluding carboxylic acids is 1. The molecule has 100 valence electrons. The molecule has 0 radical (unpaired) electrons. The van der Waals surface area contributed by atoms with Crippen LogP contribution in [0.2, 0.25) is 0 Å². The minimum absolute atomic E-state index is 0.115. The van der Waals surface area contributed by atoms with Gasteiger partial charge in [0.2, 0.25) is 5.91 Å². The average molecular weight is 267 g/mol. The van der Waals surface area contributed by atoms with Crippen LogP contribution < -0.4 is 5.32 Å². The number of rotatable bonds is 3. The number of thiazole rings is 1. The molecule has 1 amide bonds. The molecule has 1 aliphatic heterocycles. The van der Waals surface area contributed by atoms with E-state index in [9.17, 15) is 4.79 Å². The van der Waals surface area contributed by atoms with Gasteiger partial charge in [0.15, 0.2) is 0 Å². The summed E-state index contributed by atoms with van der Waals surface area (Å²) in [6.07, 6.45) is 0.955. The normalized spacial score (nSPS) is 21.0. The van der Waals surface area contributed by atoms with Crippen molar-refractivity contribution in [2.45, 2.75) is 33.2 Å². The fourth-order valence-corrected chi connectivity index (χ4v) is 3.48. The Hall–Kier alpha value is -0.940. The second-order valence-electron chi connectivity index (χ2n) is 5.00. The summed E-state index contributed by atoms with van der Waals surface area (Å²) >= 11 is 1.69. The molecular weight excluding hydrogens is 246 g/mol. The van der Waals surface area contributed by atoms with Crippen LogP contribution in [0.5, 0.6) is 0 Å². The van der Waals surface area contributed by atoms with Gasteiger partial charge in [0.1, 0.15) is 0 Å². The number of nitrogens with zero attached hydrogens (tertiary/aromatic N) is 2. The number of hydrogen-bond donors (Lipinski definition) is 1. The maximum atomic E-state index is 12.3. The zero-order valence-electron chi connectivity index (χ0n) is 11.5. The number of carbonyl (C=O) groups is 1. The Labute approximate surface area is 112 Å². The number of amides is 1. The van der Waals surface area contributed by atoms with Gasteiger partial charge in [0.25, 0.3) is 0 Å². The molecule has 0 bridgehead atoms. The Kier molecular flexibility index (Phi) is 4.02. The molecule has 1 fully saturated rings. The highest BCUT2D eigenvalue weighted by Crippen LogP contribution is 2.29. The SMILES string of the molecule is Cc1nc(C)c([C@@H](C)N(C)C(=O)[C@H]2CCNC2)s1. The first-order valence-electron chi connectivity index (χ1n) is 6.42. The highest BCUT2D eigenvalue weighted by molar-refractivity contribution is 7.11. The molecule has 5 heteroatoms. The van der Waals surface area contributed by atoms with E-state index in [2.05, 4.69) is 17.2 Å². The summed E-state index contributed by atoms with van der Waals surface area (Å²) in [4.78, 5) is 19.9. The summed E-state index contributed by atoms with van der Waals surface area (Å²) < 4.78 is 0. The first kappa shape index (κ1) is 13.5. The average Bonchev–Trinajstić information content (AvgIpc) is 2.96. The molecule has 0 spiro atoms. The van der Waals surface area contributed by atoms with Gasteiger partial charge in [0.05, 0.1) is 22.7 Å². The van der Waals surface area contributed by atoms with Crippen molar-refractivity contribution in [2.24, 2.45) is 5.92 Å². The van der Waals surface area contributed by atoms with E-state index >= 15 is 0 Å². The summed E-state index contributed by atoms with van der Waals surface area (Å²) in [5, 5.41) is 4.31. The van der Waals surface area contributed by atoms with E-state index in [4.69, 9.17) is 0 Å². The molecule has 4 nitrogen and oxygen atoms in total. The molecule has 0 saturated carbocycles. The predicted octanol–water partition coefficient (Wildman–Crippen LogP) is 1.89. The van der Waals surface area contributed by atoms with Crippen LogP contribution in [-0.4, -0.2) is 35.9 Å². The number of hydrogen-bond acceptors (Lipinski definition) is 4. The van der Waals surface area contributed by atoms with Crippen LogP contribution in [0, 0.1) is 19.8 Å². The van der Waals surface area contributed by atoms with Gasteiger partial charge in [-0.05, 0) is 33.7 Å². The van der Waals surface area contributed by atoms with Crippen molar-refractivity contribution < 1.29 is 4.79 Å². The standard InChI is InChI=1S/C13H21N3OS/c1-8-12(18-10(3)15-8)9(2)16(4)13(17)11-5-6-14-7-11/h9,11,14H,5-7H2,1-4H3/t9-,11+/m1/s1. The summed E-state index contributed by atoms with van der Waals surface area (Å²) in [5.74, 6) is 0.393. The van der Waals surface area contributed by atoms with Crippen molar-refractivity contribution in [1.82, 2.24) is 15.2 Å². The van der Waals surface area contributed by atoms with E-state index in [-0.39, 0.29) is 17.9 Å². The van der Waals surface area contributed by atoms with Gasteiger partial charge in [-0.2, -0.15) is 0 Å². The van der Waals surface area contributed by atoms with Crippen LogP contribution >= 0.6 is 11.3 Å². The van der Waals surface area contributed by atoms with Gasteiger partial charge in [-0.3, -0.25) is 4.79 Å². The number of aryl methyl sites for hydroxylation is 2. The number of aromatic nitrogens is 1. The molecule has 0 aliphatic carbocycles. The smallest absolute Gasteiger partial charge is 0.227 e. The minimum Gasteiger partial charge on any atom is -0.338 e. The van der Waals surface area contributed by atoms with Gasteiger partial charge in [0, 0.05) is 18.5 Å². The third-order valence-corrected chi connectivity index (χ3v) is 4.90. The van der Waals surface area contributed by atoms with Gasteiger partial charge in [-0.1, -0.05) is 0 Å². The number of nitrogens with one attached hydrogen (secondary N) is 1. The zero-order chi connectivity index (χ0) is 13.3. The van der Waals surface area contributed by atoms with E-state index in [1.54, 1.807) is 11.3 Å². The third-order valence-electron chi connectivity index (χ3n) is 3.66. The van der Waals surface area contributed by atoms with E-state index in [0.29, 0.717) is 0 Å². The van der Waals surface area contributed by atoms with E-state index in [1.807, 2.05) is 25.8 Å². The molecule has 0 aromatic carbocycles. The van der Waals surface area contributed by atoms with Gasteiger partial charge in [-0.15, -0.1) is 11.3 Å². The van der Waals surface area contributed by atoms with Crippen molar-refractivity contribution >= 4 is 17.2 Å². The summed E-state index contributed by atoms with van der Waals surface area (Å²) in [6, 6.07) is 0.115. The van der Waals surface area contributed by atoms with Crippen LogP contribution in [0.4, 0.5) is 0 Å². The Morgan fingerprint density at radius 3 is 2.78 bits per heavy atom. The molecule has 2 rings (SSSR count). The molecule has 2 heterocycles. The summed E-state index contributed by atoms with van der Waals surface area (Å²) in [6.45, 7) is 7.88. The maximum absolute atomic E-state index is 12.3. The van der Waals surface area contributed by atoms with Crippen LogP contribution in [0.15, 0.2) is 0 Å². The van der Waals surface area contributed by atoms with E-state index < -0.39 is 0 Å². The topological polar surface area (TPSA) is 45.2 Å². The van der Waals surface area contributed by atoms with Crippen LogP contribution in [0.3, 0.4) is 0 Å². The molecule has 18 heavy (non-hydrogen) atoms. The largest absolute Gasteiger partial charge is 0.338 e. The Morgan fingerprint density at radius 2 is 2.28 bits per heavy atom. The molecule has 1 N–H and O–H groups in total. The van der Waals surface area contributed by atoms with E-state index in [1.165, 1.54) is 4.88 Å². The van der Waals surface area contributed by atoms with Crippen molar-refractivity contribution in [1.29, 1.82) is 0 Å². The third kappa shape index (κ3) is 2.57. The Morgan fingerprint density at radius 1 is 1.56 bits per heavy atom. The fraction of sp³-hybridized carbons (Fsp3) is 0.692. The quantitative estimate of drug-likeness (QED) is 0.909. The van der Waals surface area contributed by atoms with Crippen LogP contribution in [-0.2, 0) is 4.79 Å². The fourth-order valence-electron chi connectivity index (χ4n) is 2.45. The highest BCUT2D eigenvalue weighted by atomic mass is 32.1.